The maximum Gasteiger partial charge on any atom is 0.344 e. The number of rotatable bonds is 9. The minimum Gasteiger partial charge on any atom is -0.479 e. The Hall–Kier alpha value is -3.39. The molecule has 0 fully saturated rings. The van der Waals surface area contributed by atoms with Gasteiger partial charge in [0, 0.05) is 5.56 Å². The molecule has 0 aliphatic carbocycles. The highest BCUT2D eigenvalue weighted by molar-refractivity contribution is 5.71. The lowest BCUT2D eigenvalue weighted by Gasteiger charge is -2.12. The predicted molar refractivity (Wildman–Crippen MR) is 109 cm³/mol. The zero-order valence-electron chi connectivity index (χ0n) is 16.9. The Kier molecular flexibility index (Phi) is 7.83. The number of halogens is 4. The Morgan fingerprint density at radius 1 is 0.875 bits per heavy atom. The minimum absolute atomic E-state index is 0.0230. The zero-order chi connectivity index (χ0) is 23.1. The smallest absolute Gasteiger partial charge is 0.344 e. The first-order valence-corrected chi connectivity index (χ1v) is 9.79. The van der Waals surface area contributed by atoms with Crippen LogP contribution < -0.4 is 4.74 Å². The molecule has 3 rings (SSSR count). The van der Waals surface area contributed by atoms with Crippen LogP contribution in [0, 0.1) is 23.3 Å². The van der Waals surface area contributed by atoms with Crippen LogP contribution in [0.1, 0.15) is 11.1 Å². The van der Waals surface area contributed by atoms with Crippen LogP contribution in [0.5, 0.6) is 5.75 Å². The summed E-state index contributed by atoms with van der Waals surface area (Å²) in [7, 11) is 0. The van der Waals surface area contributed by atoms with Crippen LogP contribution in [0.3, 0.4) is 0 Å². The molecule has 3 aromatic rings. The van der Waals surface area contributed by atoms with E-state index in [4.69, 9.17) is 9.84 Å². The van der Waals surface area contributed by atoms with Gasteiger partial charge in [-0.3, -0.25) is 0 Å². The van der Waals surface area contributed by atoms with Crippen molar-refractivity contribution in [3.63, 3.8) is 0 Å². The maximum absolute atomic E-state index is 14.7. The predicted octanol–water partition coefficient (Wildman–Crippen LogP) is 4.61. The summed E-state index contributed by atoms with van der Waals surface area (Å²) in [5.74, 6) is -3.99. The molecule has 0 aliphatic rings. The third kappa shape index (κ3) is 5.85. The number of hydrogen-bond acceptors (Lipinski definition) is 4. The summed E-state index contributed by atoms with van der Waals surface area (Å²) in [6, 6.07) is 12.1. The van der Waals surface area contributed by atoms with Gasteiger partial charge in [0.05, 0.1) is 6.61 Å². The van der Waals surface area contributed by atoms with Gasteiger partial charge in [-0.2, -0.15) is 0 Å². The van der Waals surface area contributed by atoms with Gasteiger partial charge in [0.1, 0.15) is 24.1 Å². The molecule has 0 saturated carbocycles. The molecular weight excluding hydrogens is 428 g/mol. The van der Waals surface area contributed by atoms with Crippen molar-refractivity contribution in [3.8, 4) is 16.9 Å². The van der Waals surface area contributed by atoms with Crippen molar-refractivity contribution < 1.29 is 36.9 Å². The Morgan fingerprint density at radius 2 is 1.62 bits per heavy atom. The summed E-state index contributed by atoms with van der Waals surface area (Å²) in [6.07, 6.45) is -0.196. The van der Waals surface area contributed by atoms with E-state index in [0.717, 1.165) is 12.1 Å². The molecule has 168 valence electrons. The molecule has 0 unspecified atom stereocenters. The van der Waals surface area contributed by atoms with E-state index in [1.54, 1.807) is 6.07 Å². The Bertz CT molecular complexity index is 1100. The Balaban J connectivity index is 1.75. The molecule has 3 aromatic carbocycles. The summed E-state index contributed by atoms with van der Waals surface area (Å²) in [4.78, 5) is 11.4. The van der Waals surface area contributed by atoms with Crippen molar-refractivity contribution in [1.82, 2.24) is 0 Å². The van der Waals surface area contributed by atoms with E-state index < -0.39 is 35.8 Å². The van der Waals surface area contributed by atoms with E-state index in [0.29, 0.717) is 11.1 Å². The summed E-state index contributed by atoms with van der Waals surface area (Å²) in [6.45, 7) is -1.20. The van der Waals surface area contributed by atoms with Crippen LogP contribution in [0.15, 0.2) is 54.6 Å². The number of aliphatic hydroxyl groups excluding tert-OH is 1. The van der Waals surface area contributed by atoms with Crippen LogP contribution in [0.2, 0.25) is 0 Å². The van der Waals surface area contributed by atoms with Crippen molar-refractivity contribution in [2.45, 2.75) is 12.8 Å². The second-order valence-electron chi connectivity index (χ2n) is 6.89. The average molecular weight is 448 g/mol. The van der Waals surface area contributed by atoms with E-state index in [-0.39, 0.29) is 42.9 Å². The highest BCUT2D eigenvalue weighted by Crippen LogP contribution is 2.27. The number of benzene rings is 3. The number of ether oxygens (including phenoxy) is 2. The summed E-state index contributed by atoms with van der Waals surface area (Å²) < 4.78 is 66.4. The van der Waals surface area contributed by atoms with Gasteiger partial charge in [0.15, 0.2) is 18.2 Å². The molecule has 0 radical (unpaired) electrons. The number of carbonyl (C=O) groups excluding carboxylic acids is 1. The SMILES string of the molecule is O=C(COc1ccc(F)c(CCc2cc(-c3cccc(F)c3)ccc2F)c1F)OCCO. The van der Waals surface area contributed by atoms with Crippen LogP contribution in [-0.4, -0.2) is 30.9 Å². The normalized spacial score (nSPS) is 10.8. The van der Waals surface area contributed by atoms with Crippen molar-refractivity contribution in [1.29, 1.82) is 0 Å². The monoisotopic (exact) mass is 448 g/mol. The van der Waals surface area contributed by atoms with E-state index in [9.17, 15) is 22.4 Å². The zero-order valence-corrected chi connectivity index (χ0v) is 16.9. The molecule has 0 spiro atoms. The van der Waals surface area contributed by atoms with E-state index in [2.05, 4.69) is 4.74 Å². The van der Waals surface area contributed by atoms with Gasteiger partial charge < -0.3 is 14.6 Å². The van der Waals surface area contributed by atoms with E-state index in [1.165, 1.54) is 36.4 Å². The lowest BCUT2D eigenvalue weighted by Crippen LogP contribution is -2.17. The first-order chi connectivity index (χ1) is 15.4. The molecule has 0 atom stereocenters. The van der Waals surface area contributed by atoms with Crippen LogP contribution in [0.25, 0.3) is 11.1 Å². The van der Waals surface area contributed by atoms with Gasteiger partial charge in [0.25, 0.3) is 0 Å². The maximum atomic E-state index is 14.7. The minimum atomic E-state index is -0.998. The highest BCUT2D eigenvalue weighted by atomic mass is 19.1. The van der Waals surface area contributed by atoms with Gasteiger partial charge >= 0.3 is 5.97 Å². The molecule has 0 aromatic heterocycles. The van der Waals surface area contributed by atoms with Crippen LogP contribution in [-0.2, 0) is 22.4 Å². The molecule has 1 N–H and O–H groups in total. The summed E-state index contributed by atoms with van der Waals surface area (Å²) >= 11 is 0. The van der Waals surface area contributed by atoms with Crippen molar-refractivity contribution >= 4 is 5.97 Å². The van der Waals surface area contributed by atoms with Gasteiger partial charge in [-0.05, 0) is 65.9 Å². The number of carbonyl (C=O) groups is 1. The molecule has 4 nitrogen and oxygen atoms in total. The molecular formula is C24H20F4O4. The third-order valence-electron chi connectivity index (χ3n) is 4.70. The molecule has 0 bridgehead atoms. The molecule has 0 amide bonds. The van der Waals surface area contributed by atoms with Crippen LogP contribution in [0.4, 0.5) is 17.6 Å². The number of hydrogen-bond donors (Lipinski definition) is 1. The van der Waals surface area contributed by atoms with Gasteiger partial charge in [-0.25, -0.2) is 22.4 Å². The summed E-state index contributed by atoms with van der Waals surface area (Å²) in [5.41, 5.74) is 1.01. The number of aryl methyl sites for hydroxylation is 1. The van der Waals surface area contributed by atoms with E-state index >= 15 is 0 Å². The highest BCUT2D eigenvalue weighted by Gasteiger charge is 2.17. The van der Waals surface area contributed by atoms with Gasteiger partial charge in [-0.1, -0.05) is 18.2 Å². The number of aliphatic hydroxyl groups is 1. The largest absolute Gasteiger partial charge is 0.479 e. The second-order valence-corrected chi connectivity index (χ2v) is 6.89. The average Bonchev–Trinajstić information content (AvgIpc) is 2.78. The van der Waals surface area contributed by atoms with Crippen molar-refractivity contribution in [2.24, 2.45) is 0 Å². The van der Waals surface area contributed by atoms with Gasteiger partial charge in [-0.15, -0.1) is 0 Å². The lowest BCUT2D eigenvalue weighted by molar-refractivity contribution is -0.147. The fourth-order valence-electron chi connectivity index (χ4n) is 3.13. The standard InChI is InChI=1S/C24H20F4O4/c25-18-3-1-2-15(13-18)16-5-7-20(26)17(12-16)4-6-19-21(27)8-9-22(24(19)28)32-14-23(30)31-11-10-29/h1-3,5,7-9,12-13,29H,4,6,10-11,14H2. The number of esters is 1. The quantitative estimate of drug-likeness (QED) is 0.384. The molecule has 0 heterocycles. The van der Waals surface area contributed by atoms with Crippen molar-refractivity contribution in [3.05, 3.63) is 89.0 Å². The molecule has 32 heavy (non-hydrogen) atoms. The fourth-order valence-corrected chi connectivity index (χ4v) is 3.13. The van der Waals surface area contributed by atoms with Gasteiger partial charge in [0.2, 0.25) is 0 Å². The topological polar surface area (TPSA) is 55.8 Å². The second kappa shape index (κ2) is 10.8. The molecule has 8 heteroatoms. The lowest BCUT2D eigenvalue weighted by atomic mass is 9.98. The first-order valence-electron chi connectivity index (χ1n) is 9.79. The first kappa shape index (κ1) is 23.3. The third-order valence-corrected chi connectivity index (χ3v) is 4.70. The fraction of sp³-hybridized carbons (Fsp3) is 0.208. The molecule has 0 aliphatic heterocycles. The van der Waals surface area contributed by atoms with E-state index in [1.807, 2.05) is 0 Å². The molecule has 0 saturated heterocycles. The Morgan fingerprint density at radius 3 is 2.38 bits per heavy atom. The summed E-state index contributed by atoms with van der Waals surface area (Å²) in [5, 5.41) is 8.61. The van der Waals surface area contributed by atoms with Crippen molar-refractivity contribution in [2.75, 3.05) is 19.8 Å². The Labute approximate surface area is 182 Å². The van der Waals surface area contributed by atoms with Crippen LogP contribution >= 0.6 is 0 Å².